The lowest BCUT2D eigenvalue weighted by atomic mass is 9.94. The van der Waals surface area contributed by atoms with Gasteiger partial charge >= 0.3 is 6.09 Å². The molecule has 1 atom stereocenters. The molecule has 0 aromatic heterocycles. The third kappa shape index (κ3) is 2.44. The zero-order valence-electron chi connectivity index (χ0n) is 9.60. The Morgan fingerprint density at radius 3 is 2.74 bits per heavy atom. The normalized spacial score (nSPS) is 18.1. The molecular weight excluding hydrogens is 277 g/mol. The molecule has 100 valence electrons. The van der Waals surface area contributed by atoms with Crippen LogP contribution in [-0.2, 0) is 16.0 Å². The first-order valence-corrected chi connectivity index (χ1v) is 5.80. The van der Waals surface area contributed by atoms with Crippen LogP contribution in [0.3, 0.4) is 0 Å². The number of β-lactam (4-membered cyclic amide) rings is 1. The molecule has 1 heterocycles. The van der Waals surface area contributed by atoms with Gasteiger partial charge in [0.1, 0.15) is 11.9 Å². The van der Waals surface area contributed by atoms with E-state index in [1.807, 2.05) is 0 Å². The number of hydrogen-bond acceptors (Lipinski definition) is 3. The first-order valence-electron chi connectivity index (χ1n) is 5.42. The van der Waals surface area contributed by atoms with Gasteiger partial charge in [-0.25, -0.2) is 14.1 Å². The third-order valence-corrected chi connectivity index (χ3v) is 3.21. The fourth-order valence-corrected chi connectivity index (χ4v) is 2.10. The van der Waals surface area contributed by atoms with Crippen LogP contribution < -0.4 is 0 Å². The summed E-state index contributed by atoms with van der Waals surface area (Å²) in [6.45, 7) is 0. The quantitative estimate of drug-likeness (QED) is 0.860. The Hall–Kier alpha value is -1.95. The minimum atomic E-state index is -1.47. The summed E-state index contributed by atoms with van der Waals surface area (Å²) >= 11 is 5.58. The van der Waals surface area contributed by atoms with Crippen LogP contribution in [0.5, 0.6) is 0 Å². The number of carboxylic acid groups (broad SMARTS) is 1. The summed E-state index contributed by atoms with van der Waals surface area (Å²) in [5, 5.41) is 8.64. The third-order valence-electron chi connectivity index (χ3n) is 2.92. The lowest BCUT2D eigenvalue weighted by Gasteiger charge is -2.35. The molecule has 0 bridgehead atoms. The topological polar surface area (TPSA) is 74.7 Å². The van der Waals surface area contributed by atoms with Crippen LogP contribution in [0, 0.1) is 5.82 Å². The average molecular weight is 286 g/mol. The van der Waals surface area contributed by atoms with E-state index in [4.69, 9.17) is 16.7 Å². The van der Waals surface area contributed by atoms with E-state index in [0.29, 0.717) is 4.90 Å². The minimum Gasteiger partial charge on any atom is -0.465 e. The molecule has 0 spiro atoms. The second-order valence-electron chi connectivity index (χ2n) is 4.12. The molecule has 1 N–H and O–H groups in total. The Morgan fingerprint density at radius 1 is 1.47 bits per heavy atom. The van der Waals surface area contributed by atoms with Crippen LogP contribution in [-0.4, -0.2) is 33.8 Å². The molecule has 0 aliphatic carbocycles. The standard InChI is InChI=1S/C12H9ClFNO4/c13-7-3-1-2-6(11(7)14)4-9(16)8-5-10(17)15(8)12(18)19/h1-3,8H,4-5H2,(H,18,19)/t8-/m0/s1. The molecule has 7 heteroatoms. The van der Waals surface area contributed by atoms with Gasteiger partial charge in [-0.3, -0.25) is 9.59 Å². The number of amides is 2. The Labute approximate surface area is 112 Å². The average Bonchev–Trinajstić information content (AvgIpc) is 2.30. The van der Waals surface area contributed by atoms with Gasteiger partial charge in [0.2, 0.25) is 5.91 Å². The maximum Gasteiger partial charge on any atom is 0.414 e. The van der Waals surface area contributed by atoms with Crippen molar-refractivity contribution in [1.82, 2.24) is 4.90 Å². The Bertz CT molecular complexity index is 567. The summed E-state index contributed by atoms with van der Waals surface area (Å²) in [7, 11) is 0. The van der Waals surface area contributed by atoms with Crippen LogP contribution in [0.4, 0.5) is 9.18 Å². The number of carbonyl (C=O) groups excluding carboxylic acids is 2. The van der Waals surface area contributed by atoms with Gasteiger partial charge in [-0.1, -0.05) is 23.7 Å². The number of nitrogens with zero attached hydrogens (tertiary/aromatic N) is 1. The number of hydrogen-bond donors (Lipinski definition) is 1. The van der Waals surface area contributed by atoms with E-state index in [9.17, 15) is 18.8 Å². The monoisotopic (exact) mass is 285 g/mol. The van der Waals surface area contributed by atoms with E-state index in [2.05, 4.69) is 0 Å². The van der Waals surface area contributed by atoms with Crippen molar-refractivity contribution in [1.29, 1.82) is 0 Å². The molecule has 1 aliphatic rings. The van der Waals surface area contributed by atoms with Crippen LogP contribution in [0.1, 0.15) is 12.0 Å². The molecule has 1 aromatic rings. The number of Topliss-reactive ketones (excluding diaryl/α,β-unsaturated/α-hetero) is 1. The molecule has 1 aliphatic heterocycles. The van der Waals surface area contributed by atoms with Gasteiger partial charge in [0.05, 0.1) is 11.4 Å². The Morgan fingerprint density at radius 2 is 2.16 bits per heavy atom. The van der Waals surface area contributed by atoms with Gasteiger partial charge in [-0.2, -0.15) is 0 Å². The predicted octanol–water partition coefficient (Wildman–Crippen LogP) is 1.87. The number of rotatable bonds is 3. The van der Waals surface area contributed by atoms with Crippen LogP contribution >= 0.6 is 11.6 Å². The second kappa shape index (κ2) is 4.97. The predicted molar refractivity (Wildman–Crippen MR) is 63.4 cm³/mol. The SMILES string of the molecule is O=C(Cc1cccc(Cl)c1F)[C@@H]1CC(=O)N1C(=O)O. The Balaban J connectivity index is 2.12. The van der Waals surface area contributed by atoms with Crippen molar-refractivity contribution < 1.29 is 23.9 Å². The van der Waals surface area contributed by atoms with Crippen molar-refractivity contribution in [2.24, 2.45) is 0 Å². The van der Waals surface area contributed by atoms with Gasteiger partial charge in [0.15, 0.2) is 5.78 Å². The molecular formula is C12H9ClFNO4. The lowest BCUT2D eigenvalue weighted by Crippen LogP contribution is -2.59. The fraction of sp³-hybridized carbons (Fsp3) is 0.250. The smallest absolute Gasteiger partial charge is 0.414 e. The molecule has 0 saturated carbocycles. The maximum atomic E-state index is 13.6. The first-order chi connectivity index (χ1) is 8.91. The van der Waals surface area contributed by atoms with Crippen LogP contribution in [0.25, 0.3) is 0 Å². The summed E-state index contributed by atoms with van der Waals surface area (Å²) in [4.78, 5) is 34.1. The summed E-state index contributed by atoms with van der Waals surface area (Å²) < 4.78 is 13.6. The summed E-state index contributed by atoms with van der Waals surface area (Å²) in [5.74, 6) is -1.86. The zero-order valence-corrected chi connectivity index (χ0v) is 10.4. The number of likely N-dealkylation sites (tertiary alicyclic amines) is 1. The summed E-state index contributed by atoms with van der Waals surface area (Å²) in [6.07, 6.45) is -1.93. The van der Waals surface area contributed by atoms with E-state index in [1.54, 1.807) is 0 Å². The lowest BCUT2D eigenvalue weighted by molar-refractivity contribution is -0.149. The van der Waals surface area contributed by atoms with E-state index >= 15 is 0 Å². The van der Waals surface area contributed by atoms with Gasteiger partial charge in [0, 0.05) is 6.42 Å². The minimum absolute atomic E-state index is 0.0854. The molecule has 5 nitrogen and oxygen atoms in total. The van der Waals surface area contributed by atoms with Crippen molar-refractivity contribution >= 4 is 29.4 Å². The van der Waals surface area contributed by atoms with Crippen LogP contribution in [0.15, 0.2) is 18.2 Å². The van der Waals surface area contributed by atoms with Crippen molar-refractivity contribution in [3.8, 4) is 0 Å². The molecule has 1 fully saturated rings. The highest BCUT2D eigenvalue weighted by atomic mass is 35.5. The summed E-state index contributed by atoms with van der Waals surface area (Å²) in [6, 6.07) is 3.21. The number of halogens is 2. The molecule has 2 amide bonds. The number of benzene rings is 1. The molecule has 0 radical (unpaired) electrons. The molecule has 19 heavy (non-hydrogen) atoms. The number of carbonyl (C=O) groups is 3. The largest absolute Gasteiger partial charge is 0.465 e. The first kappa shape index (κ1) is 13.5. The number of ketones is 1. The van der Waals surface area contributed by atoms with Crippen molar-refractivity contribution in [2.45, 2.75) is 18.9 Å². The molecule has 0 unspecified atom stereocenters. The molecule has 1 saturated heterocycles. The zero-order chi connectivity index (χ0) is 14.2. The number of imide groups is 1. The summed E-state index contributed by atoms with van der Waals surface area (Å²) in [5.41, 5.74) is 0.0854. The van der Waals surface area contributed by atoms with E-state index in [-0.39, 0.29) is 23.4 Å². The van der Waals surface area contributed by atoms with Gasteiger partial charge in [-0.15, -0.1) is 0 Å². The van der Waals surface area contributed by atoms with Crippen molar-refractivity contribution in [3.05, 3.63) is 34.6 Å². The van der Waals surface area contributed by atoms with Gasteiger partial charge in [0.25, 0.3) is 0 Å². The van der Waals surface area contributed by atoms with E-state index in [0.717, 1.165) is 0 Å². The second-order valence-corrected chi connectivity index (χ2v) is 4.53. The van der Waals surface area contributed by atoms with Gasteiger partial charge in [-0.05, 0) is 11.6 Å². The highest BCUT2D eigenvalue weighted by Crippen LogP contribution is 2.24. The van der Waals surface area contributed by atoms with Crippen LogP contribution in [0.2, 0.25) is 5.02 Å². The van der Waals surface area contributed by atoms with Gasteiger partial charge < -0.3 is 5.11 Å². The highest BCUT2D eigenvalue weighted by Gasteiger charge is 2.45. The van der Waals surface area contributed by atoms with Crippen molar-refractivity contribution in [3.63, 3.8) is 0 Å². The molecule has 2 rings (SSSR count). The fourth-order valence-electron chi connectivity index (χ4n) is 1.90. The van der Waals surface area contributed by atoms with Crippen molar-refractivity contribution in [2.75, 3.05) is 0 Å². The van der Waals surface area contributed by atoms with E-state index < -0.39 is 29.6 Å². The molecule has 1 aromatic carbocycles. The highest BCUT2D eigenvalue weighted by molar-refractivity contribution is 6.30. The Kier molecular flexibility index (Phi) is 3.53. The van der Waals surface area contributed by atoms with E-state index in [1.165, 1.54) is 18.2 Å². The maximum absolute atomic E-state index is 13.6.